The Bertz CT molecular complexity index is 1120. The first-order valence-electron chi connectivity index (χ1n) is 11.4. The molecule has 0 spiro atoms. The van der Waals surface area contributed by atoms with Crippen molar-refractivity contribution in [1.82, 2.24) is 9.80 Å². The first-order chi connectivity index (χ1) is 16.0. The molecule has 1 N–H and O–H groups in total. The van der Waals surface area contributed by atoms with Crippen molar-refractivity contribution in [3.05, 3.63) is 53.6 Å². The third kappa shape index (κ3) is 5.89. The molecule has 1 aliphatic rings. The van der Waals surface area contributed by atoms with Crippen LogP contribution >= 0.6 is 0 Å². The molecular formula is C25H35N3O5S. The largest absolute Gasteiger partial charge is 0.491 e. The number of ether oxygens (including phenoxy) is 2. The normalized spacial score (nSPS) is 22.8. The summed E-state index contributed by atoms with van der Waals surface area (Å²) in [4.78, 5) is 17.4. The molecule has 0 fully saturated rings. The molecule has 2 aromatic rings. The molecule has 0 unspecified atom stereocenters. The van der Waals surface area contributed by atoms with Gasteiger partial charge in [-0.1, -0.05) is 25.1 Å². The van der Waals surface area contributed by atoms with Gasteiger partial charge in [-0.05, 0) is 56.6 Å². The van der Waals surface area contributed by atoms with E-state index in [0.717, 1.165) is 6.54 Å². The van der Waals surface area contributed by atoms with Gasteiger partial charge in [-0.15, -0.1) is 0 Å². The number of nitrogens with one attached hydrogen (secondary N) is 1. The minimum Gasteiger partial charge on any atom is -0.491 e. The van der Waals surface area contributed by atoms with E-state index in [4.69, 9.17) is 9.47 Å². The maximum atomic E-state index is 13.4. The molecule has 0 aromatic heterocycles. The number of aryl methyl sites for hydroxylation is 1. The van der Waals surface area contributed by atoms with Crippen molar-refractivity contribution in [2.24, 2.45) is 5.92 Å². The second-order valence-corrected chi connectivity index (χ2v) is 10.8. The van der Waals surface area contributed by atoms with Crippen LogP contribution in [0.4, 0.5) is 5.69 Å². The summed E-state index contributed by atoms with van der Waals surface area (Å²) in [7, 11) is 1.60. The van der Waals surface area contributed by atoms with Crippen LogP contribution in [-0.2, 0) is 14.8 Å². The number of likely N-dealkylation sites (N-methyl/N-ethyl adjacent to an activating group) is 2. The molecule has 1 aliphatic heterocycles. The summed E-state index contributed by atoms with van der Waals surface area (Å²) >= 11 is 0. The maximum absolute atomic E-state index is 13.4. The van der Waals surface area contributed by atoms with Gasteiger partial charge in [-0.3, -0.25) is 14.4 Å². The molecule has 3 rings (SSSR count). The molecule has 2 aromatic carbocycles. The Morgan fingerprint density at radius 3 is 2.47 bits per heavy atom. The molecule has 0 bridgehead atoms. The Morgan fingerprint density at radius 2 is 1.79 bits per heavy atom. The first-order valence-corrected chi connectivity index (χ1v) is 12.9. The van der Waals surface area contributed by atoms with Crippen LogP contribution in [-0.4, -0.2) is 77.2 Å². The Hall–Kier alpha value is -2.62. The molecule has 186 valence electrons. The van der Waals surface area contributed by atoms with Gasteiger partial charge in [0, 0.05) is 39.0 Å². The Morgan fingerprint density at radius 1 is 1.09 bits per heavy atom. The number of carbonyl (C=O) groups is 1. The predicted octanol–water partition coefficient (Wildman–Crippen LogP) is 3.23. The van der Waals surface area contributed by atoms with Crippen LogP contribution in [0.5, 0.6) is 5.75 Å². The van der Waals surface area contributed by atoms with Crippen LogP contribution in [0.3, 0.4) is 0 Å². The lowest BCUT2D eigenvalue weighted by molar-refractivity contribution is 0.0150. The van der Waals surface area contributed by atoms with Crippen molar-refractivity contribution >= 4 is 21.6 Å². The van der Waals surface area contributed by atoms with Gasteiger partial charge in [-0.25, -0.2) is 8.42 Å². The number of sulfonamides is 1. The van der Waals surface area contributed by atoms with Gasteiger partial charge in [-0.2, -0.15) is 0 Å². The van der Waals surface area contributed by atoms with Crippen LogP contribution in [0.25, 0.3) is 0 Å². The van der Waals surface area contributed by atoms with Gasteiger partial charge in [0.15, 0.2) is 0 Å². The van der Waals surface area contributed by atoms with E-state index in [9.17, 15) is 13.2 Å². The quantitative estimate of drug-likeness (QED) is 0.710. The number of benzene rings is 2. The predicted molar refractivity (Wildman–Crippen MR) is 133 cm³/mol. The molecule has 0 saturated heterocycles. The highest BCUT2D eigenvalue weighted by Gasteiger charge is 2.27. The Balaban J connectivity index is 1.97. The van der Waals surface area contributed by atoms with E-state index in [1.54, 1.807) is 62.4 Å². The number of amides is 1. The highest BCUT2D eigenvalue weighted by Crippen LogP contribution is 2.28. The van der Waals surface area contributed by atoms with Crippen molar-refractivity contribution in [1.29, 1.82) is 0 Å². The van der Waals surface area contributed by atoms with E-state index in [2.05, 4.69) is 23.5 Å². The van der Waals surface area contributed by atoms with Crippen LogP contribution in [0.2, 0.25) is 0 Å². The molecule has 8 nitrogen and oxygen atoms in total. The summed E-state index contributed by atoms with van der Waals surface area (Å²) in [6.07, 6.45) is -0.143. The minimum absolute atomic E-state index is 0.110. The van der Waals surface area contributed by atoms with Crippen molar-refractivity contribution in [3.63, 3.8) is 0 Å². The third-order valence-corrected chi connectivity index (χ3v) is 7.93. The van der Waals surface area contributed by atoms with Crippen molar-refractivity contribution in [2.45, 2.75) is 37.8 Å². The lowest BCUT2D eigenvalue weighted by Crippen LogP contribution is -2.45. The molecule has 0 saturated carbocycles. The summed E-state index contributed by atoms with van der Waals surface area (Å²) in [5.41, 5.74) is 1.23. The van der Waals surface area contributed by atoms with Crippen molar-refractivity contribution in [2.75, 3.05) is 45.6 Å². The minimum atomic E-state index is -3.82. The van der Waals surface area contributed by atoms with Crippen LogP contribution in [0.15, 0.2) is 47.4 Å². The summed E-state index contributed by atoms with van der Waals surface area (Å²) in [5, 5.41) is 0. The fraction of sp³-hybridized carbons (Fsp3) is 0.480. The van der Waals surface area contributed by atoms with Crippen molar-refractivity contribution in [3.8, 4) is 5.75 Å². The lowest BCUT2D eigenvalue weighted by atomic mass is 10.0. The molecule has 0 aliphatic carbocycles. The van der Waals surface area contributed by atoms with Gasteiger partial charge in [0.05, 0.1) is 16.6 Å². The van der Waals surface area contributed by atoms with Gasteiger partial charge in [0.1, 0.15) is 12.4 Å². The maximum Gasteiger partial charge on any atom is 0.262 e. The van der Waals surface area contributed by atoms with Crippen LogP contribution in [0.1, 0.15) is 29.8 Å². The number of hydrogen-bond donors (Lipinski definition) is 1. The van der Waals surface area contributed by atoms with Crippen LogP contribution in [0, 0.1) is 12.8 Å². The molecule has 0 radical (unpaired) electrons. The standard InChI is InChI=1S/C25H35N3O5S/c1-17-9-7-8-10-24(17)34(30,31)26-20-11-12-22-21(13-20)25(29)28(5)15-23(32-6)18(2)14-27(4)19(3)16-33-22/h7-13,18-19,23,26H,14-16H2,1-6H3/t18-,19-,23+/m1/s1. The topological polar surface area (TPSA) is 88.2 Å². The SMILES string of the molecule is CO[C@H]1CN(C)C(=O)c2cc(NS(=O)(=O)c3ccccc3C)ccc2OC[C@@H](C)N(C)C[C@H]1C. The number of carbonyl (C=O) groups excluding carboxylic acids is 1. The van der Waals surface area contributed by atoms with Gasteiger partial charge < -0.3 is 14.4 Å². The summed E-state index contributed by atoms with van der Waals surface area (Å²) in [6.45, 7) is 7.51. The fourth-order valence-electron chi connectivity index (χ4n) is 4.09. The molecular weight excluding hydrogens is 454 g/mol. The number of rotatable bonds is 4. The molecule has 9 heteroatoms. The zero-order valence-corrected chi connectivity index (χ0v) is 21.6. The summed E-state index contributed by atoms with van der Waals surface area (Å²) < 4.78 is 40.3. The van der Waals surface area contributed by atoms with E-state index in [1.165, 1.54) is 6.07 Å². The average Bonchev–Trinajstić information content (AvgIpc) is 2.79. The average molecular weight is 490 g/mol. The van der Waals surface area contributed by atoms with Gasteiger partial charge >= 0.3 is 0 Å². The van der Waals surface area contributed by atoms with E-state index in [-0.39, 0.29) is 28.9 Å². The highest BCUT2D eigenvalue weighted by atomic mass is 32.2. The summed E-state index contributed by atoms with van der Waals surface area (Å²) in [5.74, 6) is 0.347. The monoisotopic (exact) mass is 489 g/mol. The number of hydrogen-bond acceptors (Lipinski definition) is 6. The smallest absolute Gasteiger partial charge is 0.262 e. The van der Waals surface area contributed by atoms with E-state index in [1.807, 2.05) is 7.05 Å². The Labute approximate surface area is 202 Å². The first kappa shape index (κ1) is 26.0. The second-order valence-electron chi connectivity index (χ2n) is 9.12. The van der Waals surface area contributed by atoms with Crippen LogP contribution < -0.4 is 9.46 Å². The molecule has 34 heavy (non-hydrogen) atoms. The number of methoxy groups -OCH3 is 1. The number of nitrogens with zero attached hydrogens (tertiary/aromatic N) is 2. The lowest BCUT2D eigenvalue weighted by Gasteiger charge is -2.34. The molecule has 1 amide bonds. The van der Waals surface area contributed by atoms with E-state index < -0.39 is 10.0 Å². The molecule has 3 atom stereocenters. The molecule has 1 heterocycles. The number of fused-ring (bicyclic) bond motifs is 1. The third-order valence-electron chi connectivity index (χ3n) is 6.39. The zero-order chi connectivity index (χ0) is 25.0. The van der Waals surface area contributed by atoms with Gasteiger partial charge in [0.2, 0.25) is 0 Å². The zero-order valence-electron chi connectivity index (χ0n) is 20.7. The van der Waals surface area contributed by atoms with E-state index >= 15 is 0 Å². The second kappa shape index (κ2) is 10.8. The fourth-order valence-corrected chi connectivity index (χ4v) is 5.39. The summed E-state index contributed by atoms with van der Waals surface area (Å²) in [6, 6.07) is 11.7. The Kier molecular flexibility index (Phi) is 8.22. The van der Waals surface area contributed by atoms with E-state index in [0.29, 0.717) is 35.7 Å². The highest BCUT2D eigenvalue weighted by molar-refractivity contribution is 7.92. The van der Waals surface area contributed by atoms with Gasteiger partial charge in [0.25, 0.3) is 15.9 Å². The number of anilines is 1. The van der Waals surface area contributed by atoms with Crippen molar-refractivity contribution < 1.29 is 22.7 Å².